The highest BCUT2D eigenvalue weighted by atomic mass is 16.5. The second-order valence-corrected chi connectivity index (χ2v) is 10.4. The molecule has 0 radical (unpaired) electrons. The van der Waals surface area contributed by atoms with Crippen LogP contribution < -0.4 is 15.4 Å². The maximum absolute atomic E-state index is 12.7. The van der Waals surface area contributed by atoms with E-state index in [9.17, 15) is 4.79 Å². The number of aromatic nitrogens is 5. The Labute approximate surface area is 209 Å². The molecule has 10 nitrogen and oxygen atoms in total. The van der Waals surface area contributed by atoms with Crippen molar-refractivity contribution in [1.29, 1.82) is 0 Å². The van der Waals surface area contributed by atoms with Gasteiger partial charge in [-0.15, -0.1) is 10.2 Å². The lowest BCUT2D eigenvalue weighted by atomic mass is 9.85. The maximum atomic E-state index is 12.7. The van der Waals surface area contributed by atoms with E-state index in [0.29, 0.717) is 5.82 Å². The molecule has 5 rings (SSSR count). The molecule has 2 amide bonds. The van der Waals surface area contributed by atoms with Crippen molar-refractivity contribution in [2.45, 2.75) is 70.9 Å². The quantitative estimate of drug-likeness (QED) is 0.390. The highest BCUT2D eigenvalue weighted by Gasteiger charge is 2.30. The van der Waals surface area contributed by atoms with Crippen LogP contribution in [0.15, 0.2) is 47.1 Å². The topological polar surface area (TPSA) is 119 Å². The molecule has 0 fully saturated rings. The van der Waals surface area contributed by atoms with Gasteiger partial charge in [0, 0.05) is 11.3 Å². The Morgan fingerprint density at radius 1 is 1.11 bits per heavy atom. The number of pyridine rings is 1. The fraction of sp³-hybridized carbons (Fsp3) is 0.423. The minimum atomic E-state index is -0.391. The highest BCUT2D eigenvalue weighted by Crippen LogP contribution is 2.39. The van der Waals surface area contributed by atoms with Gasteiger partial charge in [-0.05, 0) is 36.1 Å². The number of carbonyl (C=O) groups is 1. The molecular formula is C26H31N7O3. The number of ether oxygens (including phenoxy) is 1. The van der Waals surface area contributed by atoms with E-state index in [1.54, 1.807) is 0 Å². The van der Waals surface area contributed by atoms with E-state index in [1.807, 2.05) is 61.7 Å². The summed E-state index contributed by atoms with van der Waals surface area (Å²) in [6.07, 6.45) is 3.28. The smallest absolute Gasteiger partial charge is 0.329 e. The fourth-order valence-corrected chi connectivity index (χ4v) is 4.41. The highest BCUT2D eigenvalue weighted by molar-refractivity contribution is 5.87. The minimum Gasteiger partial charge on any atom is -0.484 e. The Kier molecular flexibility index (Phi) is 6.11. The van der Waals surface area contributed by atoms with Crippen molar-refractivity contribution in [3.63, 3.8) is 0 Å². The predicted molar refractivity (Wildman–Crippen MR) is 134 cm³/mol. The first-order valence-electron chi connectivity index (χ1n) is 12.2. The molecule has 0 bridgehead atoms. The van der Waals surface area contributed by atoms with Gasteiger partial charge >= 0.3 is 12.0 Å². The van der Waals surface area contributed by atoms with E-state index in [0.717, 1.165) is 41.2 Å². The van der Waals surface area contributed by atoms with Crippen LogP contribution in [0.1, 0.15) is 88.3 Å². The summed E-state index contributed by atoms with van der Waals surface area (Å²) in [7, 11) is 0. The molecule has 2 atom stereocenters. The van der Waals surface area contributed by atoms with Crippen LogP contribution in [0, 0.1) is 0 Å². The van der Waals surface area contributed by atoms with Gasteiger partial charge in [0.2, 0.25) is 0 Å². The normalized spacial score (nSPS) is 17.7. The number of hydrogen-bond acceptors (Lipinski definition) is 7. The monoisotopic (exact) mass is 489 g/mol. The summed E-state index contributed by atoms with van der Waals surface area (Å²) in [5.41, 5.74) is 2.60. The van der Waals surface area contributed by atoms with Gasteiger partial charge in [0.05, 0.1) is 12.2 Å². The third kappa shape index (κ3) is 4.75. The third-order valence-corrected chi connectivity index (χ3v) is 6.25. The van der Waals surface area contributed by atoms with Gasteiger partial charge in [-0.1, -0.05) is 64.0 Å². The second kappa shape index (κ2) is 9.25. The number of benzene rings is 1. The van der Waals surface area contributed by atoms with Crippen LogP contribution in [0.5, 0.6) is 5.75 Å². The first-order valence-corrected chi connectivity index (χ1v) is 12.2. The molecule has 0 spiro atoms. The van der Waals surface area contributed by atoms with Crippen LogP contribution in [0.2, 0.25) is 0 Å². The van der Waals surface area contributed by atoms with E-state index in [2.05, 4.69) is 50.9 Å². The van der Waals surface area contributed by atoms with E-state index in [-0.39, 0.29) is 29.5 Å². The summed E-state index contributed by atoms with van der Waals surface area (Å²) in [6, 6.07) is 11.4. The Bertz CT molecular complexity index is 1390. The standard InChI is InChI=1S/C26H31N7O3/c1-15(2)22-31-30-21-13-10-16(14-33(21)22)35-20-12-11-19(17-8-6-7-9-18(17)20)27-24(34)29-25-28-23(32-36-25)26(3,4)5/h6-10,13-15,19-20H,11-12H2,1-5H3,(H2,27,28,29,32,34). The van der Waals surface area contributed by atoms with Gasteiger partial charge < -0.3 is 14.6 Å². The van der Waals surface area contributed by atoms with Gasteiger partial charge in [0.15, 0.2) is 11.5 Å². The van der Waals surface area contributed by atoms with Crippen LogP contribution in [0.4, 0.5) is 10.8 Å². The molecule has 2 unspecified atom stereocenters. The molecule has 1 aliphatic rings. The average molecular weight is 490 g/mol. The Balaban J connectivity index is 1.30. The molecule has 3 heterocycles. The molecule has 0 saturated heterocycles. The maximum Gasteiger partial charge on any atom is 0.329 e. The van der Waals surface area contributed by atoms with Gasteiger partial charge in [-0.2, -0.15) is 4.98 Å². The van der Waals surface area contributed by atoms with Crippen molar-refractivity contribution in [1.82, 2.24) is 30.1 Å². The third-order valence-electron chi connectivity index (χ3n) is 6.25. The van der Waals surface area contributed by atoms with Crippen LogP contribution in [0.25, 0.3) is 5.65 Å². The van der Waals surface area contributed by atoms with Gasteiger partial charge in [-0.25, -0.2) is 4.79 Å². The van der Waals surface area contributed by atoms with Crippen molar-refractivity contribution in [3.8, 4) is 5.75 Å². The Hall–Kier alpha value is -3.95. The number of hydrogen-bond donors (Lipinski definition) is 2. The summed E-state index contributed by atoms with van der Waals surface area (Å²) in [5, 5.41) is 18.2. The lowest BCUT2D eigenvalue weighted by Crippen LogP contribution is -2.35. The van der Waals surface area contributed by atoms with Crippen molar-refractivity contribution in [3.05, 3.63) is 65.4 Å². The predicted octanol–water partition coefficient (Wildman–Crippen LogP) is 5.31. The van der Waals surface area contributed by atoms with E-state index < -0.39 is 6.03 Å². The van der Waals surface area contributed by atoms with Gasteiger partial charge in [-0.3, -0.25) is 9.72 Å². The molecule has 188 valence electrons. The summed E-state index contributed by atoms with van der Waals surface area (Å²) in [6.45, 7) is 10.1. The first-order chi connectivity index (χ1) is 17.2. The van der Waals surface area contributed by atoms with E-state index in [1.165, 1.54) is 0 Å². The zero-order valence-electron chi connectivity index (χ0n) is 21.1. The Morgan fingerprint density at radius 2 is 1.89 bits per heavy atom. The van der Waals surface area contributed by atoms with E-state index in [4.69, 9.17) is 9.26 Å². The van der Waals surface area contributed by atoms with Crippen LogP contribution in [0.3, 0.4) is 0 Å². The molecule has 2 N–H and O–H groups in total. The van der Waals surface area contributed by atoms with Crippen molar-refractivity contribution < 1.29 is 14.1 Å². The summed E-state index contributed by atoms with van der Waals surface area (Å²) >= 11 is 0. The number of nitrogens with zero attached hydrogens (tertiary/aromatic N) is 5. The van der Waals surface area contributed by atoms with Crippen molar-refractivity contribution in [2.75, 3.05) is 5.32 Å². The van der Waals surface area contributed by atoms with Crippen LogP contribution >= 0.6 is 0 Å². The summed E-state index contributed by atoms with van der Waals surface area (Å²) in [4.78, 5) is 17.0. The molecular weight excluding hydrogens is 458 g/mol. The number of anilines is 1. The summed E-state index contributed by atoms with van der Waals surface area (Å²) in [5.74, 6) is 2.42. The number of urea groups is 1. The number of fused-ring (bicyclic) bond motifs is 2. The average Bonchev–Trinajstić information content (AvgIpc) is 3.47. The van der Waals surface area contributed by atoms with Gasteiger partial charge in [0.25, 0.3) is 0 Å². The number of nitrogens with one attached hydrogen (secondary N) is 2. The zero-order valence-corrected chi connectivity index (χ0v) is 21.1. The molecule has 1 aromatic carbocycles. The fourth-order valence-electron chi connectivity index (χ4n) is 4.41. The second-order valence-electron chi connectivity index (χ2n) is 10.4. The number of amides is 2. The molecule has 36 heavy (non-hydrogen) atoms. The first kappa shape index (κ1) is 23.8. The van der Waals surface area contributed by atoms with E-state index >= 15 is 0 Å². The molecule has 0 aliphatic heterocycles. The molecule has 4 aromatic rings. The van der Waals surface area contributed by atoms with Crippen LogP contribution in [-0.2, 0) is 5.41 Å². The molecule has 3 aromatic heterocycles. The molecule has 1 aliphatic carbocycles. The molecule has 0 saturated carbocycles. The number of carbonyl (C=O) groups excluding carboxylic acids is 1. The minimum absolute atomic E-state index is 0.0767. The van der Waals surface area contributed by atoms with Crippen LogP contribution in [-0.4, -0.2) is 30.8 Å². The lowest BCUT2D eigenvalue weighted by molar-refractivity contribution is 0.171. The molecule has 10 heteroatoms. The van der Waals surface area contributed by atoms with Crippen molar-refractivity contribution >= 4 is 17.7 Å². The van der Waals surface area contributed by atoms with Crippen molar-refractivity contribution in [2.24, 2.45) is 0 Å². The summed E-state index contributed by atoms with van der Waals surface area (Å²) < 4.78 is 13.6. The largest absolute Gasteiger partial charge is 0.484 e. The zero-order chi connectivity index (χ0) is 25.4. The SMILES string of the molecule is CC(C)c1nnc2ccc(OC3CCC(NC(=O)Nc4nc(C(C)(C)C)no4)c4ccccc43)cn12. The lowest BCUT2D eigenvalue weighted by Gasteiger charge is -2.32. The van der Waals surface area contributed by atoms with Gasteiger partial charge in [0.1, 0.15) is 17.7 Å². The Morgan fingerprint density at radius 3 is 2.61 bits per heavy atom. The number of rotatable bonds is 5.